The Morgan fingerprint density at radius 3 is 2.78 bits per heavy atom. The Labute approximate surface area is 131 Å². The Kier molecular flexibility index (Phi) is 4.49. The number of nitrogens with zero attached hydrogens (tertiary/aromatic N) is 3. The van der Waals surface area contributed by atoms with Gasteiger partial charge in [-0.05, 0) is 5.56 Å². The van der Waals surface area contributed by atoms with Crippen LogP contribution in [0, 0.1) is 0 Å². The van der Waals surface area contributed by atoms with Crippen LogP contribution in [0.1, 0.15) is 17.0 Å². The van der Waals surface area contributed by atoms with Gasteiger partial charge in [-0.25, -0.2) is 4.68 Å². The van der Waals surface area contributed by atoms with Crippen molar-refractivity contribution in [2.45, 2.75) is 19.8 Å². The zero-order valence-electron chi connectivity index (χ0n) is 12.3. The van der Waals surface area contributed by atoms with Crippen molar-refractivity contribution in [3.8, 4) is 5.75 Å². The quantitative estimate of drug-likeness (QED) is 0.739. The minimum Gasteiger partial charge on any atom is -0.482 e. The topological polar surface area (TPSA) is 90.4 Å². The fraction of sp³-hybridized carbons (Fsp3) is 0.188. The second kappa shape index (κ2) is 6.89. The van der Waals surface area contributed by atoms with Gasteiger partial charge in [0.15, 0.2) is 0 Å². The lowest BCUT2D eigenvalue weighted by atomic mass is 10.2. The molecule has 0 fully saturated rings. The first-order valence-corrected chi connectivity index (χ1v) is 7.03. The second-order valence-electron chi connectivity index (χ2n) is 4.91. The summed E-state index contributed by atoms with van der Waals surface area (Å²) in [5.41, 5.74) is 1.16. The molecule has 23 heavy (non-hydrogen) atoms. The standard InChI is InChI=1S/C16H15N3O4/c20-9-13-7-19(18-17-13)8-14-6-15(21)16(11-22-14)23-10-12-4-2-1-3-5-12/h1-7,11,20H,8-10H2. The number of rotatable bonds is 6. The molecule has 7 heteroatoms. The van der Waals surface area contributed by atoms with Crippen LogP contribution < -0.4 is 10.2 Å². The molecule has 3 aromatic rings. The number of aliphatic hydroxyl groups excluding tert-OH is 1. The van der Waals surface area contributed by atoms with Crippen LogP contribution in [0.15, 0.2) is 58.1 Å². The average Bonchev–Trinajstić information content (AvgIpc) is 3.03. The summed E-state index contributed by atoms with van der Waals surface area (Å²) in [4.78, 5) is 12.0. The maximum absolute atomic E-state index is 12.0. The van der Waals surface area contributed by atoms with Gasteiger partial charge in [-0.15, -0.1) is 5.10 Å². The fourth-order valence-corrected chi connectivity index (χ4v) is 2.01. The average molecular weight is 313 g/mol. The van der Waals surface area contributed by atoms with Gasteiger partial charge in [-0.2, -0.15) is 0 Å². The Morgan fingerprint density at radius 1 is 1.26 bits per heavy atom. The lowest BCUT2D eigenvalue weighted by molar-refractivity contribution is 0.276. The van der Waals surface area contributed by atoms with Gasteiger partial charge in [0, 0.05) is 6.07 Å². The van der Waals surface area contributed by atoms with E-state index in [2.05, 4.69) is 10.3 Å². The van der Waals surface area contributed by atoms with Crippen molar-refractivity contribution in [2.75, 3.05) is 0 Å². The molecule has 0 unspecified atom stereocenters. The van der Waals surface area contributed by atoms with Gasteiger partial charge in [0.2, 0.25) is 11.2 Å². The monoisotopic (exact) mass is 313 g/mol. The van der Waals surface area contributed by atoms with Crippen molar-refractivity contribution in [3.63, 3.8) is 0 Å². The molecule has 2 heterocycles. The Balaban J connectivity index is 1.67. The summed E-state index contributed by atoms with van der Waals surface area (Å²) in [6, 6.07) is 10.9. The van der Waals surface area contributed by atoms with Crippen molar-refractivity contribution < 1.29 is 14.3 Å². The minimum absolute atomic E-state index is 0.159. The molecule has 0 bridgehead atoms. The van der Waals surface area contributed by atoms with Crippen molar-refractivity contribution in [1.82, 2.24) is 15.0 Å². The second-order valence-corrected chi connectivity index (χ2v) is 4.91. The first-order chi connectivity index (χ1) is 11.2. The lowest BCUT2D eigenvalue weighted by Gasteiger charge is -2.06. The Bertz CT molecular complexity index is 827. The number of hydrogen-bond acceptors (Lipinski definition) is 6. The van der Waals surface area contributed by atoms with E-state index < -0.39 is 0 Å². The summed E-state index contributed by atoms with van der Waals surface area (Å²) in [7, 11) is 0. The van der Waals surface area contributed by atoms with E-state index in [0.717, 1.165) is 5.56 Å². The molecule has 0 amide bonds. The summed E-state index contributed by atoms with van der Waals surface area (Å²) < 4.78 is 12.4. The van der Waals surface area contributed by atoms with Gasteiger partial charge in [0.05, 0.1) is 12.8 Å². The zero-order chi connectivity index (χ0) is 16.1. The maximum atomic E-state index is 12.0. The minimum atomic E-state index is -0.260. The van der Waals surface area contributed by atoms with Gasteiger partial charge in [-0.3, -0.25) is 4.79 Å². The normalized spacial score (nSPS) is 10.7. The summed E-state index contributed by atoms with van der Waals surface area (Å²) in [6.07, 6.45) is 2.88. The largest absolute Gasteiger partial charge is 0.482 e. The molecule has 1 N–H and O–H groups in total. The van der Waals surface area contributed by atoms with Crippen molar-refractivity contribution in [2.24, 2.45) is 0 Å². The Morgan fingerprint density at radius 2 is 2.09 bits per heavy atom. The molecule has 0 saturated heterocycles. The molecule has 0 spiro atoms. The maximum Gasteiger partial charge on any atom is 0.227 e. The van der Waals surface area contributed by atoms with Crippen LogP contribution in [0.5, 0.6) is 5.75 Å². The van der Waals surface area contributed by atoms with E-state index in [1.54, 1.807) is 6.20 Å². The highest BCUT2D eigenvalue weighted by Crippen LogP contribution is 2.10. The third kappa shape index (κ3) is 3.83. The first-order valence-electron chi connectivity index (χ1n) is 7.03. The van der Waals surface area contributed by atoms with Gasteiger partial charge in [-0.1, -0.05) is 35.5 Å². The van der Waals surface area contributed by atoms with E-state index in [0.29, 0.717) is 18.1 Å². The van der Waals surface area contributed by atoms with E-state index in [4.69, 9.17) is 14.3 Å². The predicted octanol–water partition coefficient (Wildman–Crippen LogP) is 1.35. The smallest absolute Gasteiger partial charge is 0.227 e. The molecule has 0 saturated carbocycles. The molecule has 3 rings (SSSR count). The molecular weight excluding hydrogens is 298 g/mol. The van der Waals surface area contributed by atoms with Crippen LogP contribution >= 0.6 is 0 Å². The molecule has 2 aromatic heterocycles. The van der Waals surface area contributed by atoms with E-state index >= 15 is 0 Å². The van der Waals surface area contributed by atoms with E-state index in [-0.39, 0.29) is 24.3 Å². The van der Waals surface area contributed by atoms with Crippen LogP contribution in [-0.4, -0.2) is 20.1 Å². The summed E-state index contributed by atoms with van der Waals surface area (Å²) in [5, 5.41) is 16.5. The highest BCUT2D eigenvalue weighted by molar-refractivity contribution is 5.20. The number of aromatic nitrogens is 3. The third-order valence-electron chi connectivity index (χ3n) is 3.16. The highest BCUT2D eigenvalue weighted by Gasteiger charge is 2.07. The summed E-state index contributed by atoms with van der Waals surface area (Å²) in [5.74, 6) is 0.587. The molecule has 0 radical (unpaired) electrons. The van der Waals surface area contributed by atoms with E-state index in [1.807, 2.05) is 30.3 Å². The lowest BCUT2D eigenvalue weighted by Crippen LogP contribution is -2.09. The molecule has 0 aliphatic rings. The fourth-order valence-electron chi connectivity index (χ4n) is 2.01. The SMILES string of the molecule is O=c1cc(Cn2cc(CO)nn2)occ1OCc1ccccc1. The van der Waals surface area contributed by atoms with Crippen molar-refractivity contribution >= 4 is 0 Å². The molecular formula is C16H15N3O4. The number of aliphatic hydroxyl groups is 1. The van der Waals surface area contributed by atoms with Gasteiger partial charge in [0.1, 0.15) is 30.9 Å². The first kappa shape index (κ1) is 15.0. The van der Waals surface area contributed by atoms with Gasteiger partial charge < -0.3 is 14.3 Å². The number of benzene rings is 1. The van der Waals surface area contributed by atoms with Crippen molar-refractivity contribution in [1.29, 1.82) is 0 Å². The van der Waals surface area contributed by atoms with Gasteiger partial charge in [0.25, 0.3) is 0 Å². The number of ether oxygens (including phenoxy) is 1. The number of hydrogen-bond donors (Lipinski definition) is 1. The predicted molar refractivity (Wildman–Crippen MR) is 80.8 cm³/mol. The Hall–Kier alpha value is -2.93. The van der Waals surface area contributed by atoms with Crippen LogP contribution in [0.3, 0.4) is 0 Å². The van der Waals surface area contributed by atoms with Gasteiger partial charge >= 0.3 is 0 Å². The van der Waals surface area contributed by atoms with Crippen molar-refractivity contribution in [3.05, 3.63) is 76.1 Å². The molecule has 0 atom stereocenters. The molecule has 0 aliphatic heterocycles. The zero-order valence-corrected chi connectivity index (χ0v) is 12.3. The summed E-state index contributed by atoms with van der Waals surface area (Å²) >= 11 is 0. The third-order valence-corrected chi connectivity index (χ3v) is 3.16. The summed E-state index contributed by atoms with van der Waals surface area (Å²) in [6.45, 7) is 0.366. The van der Waals surface area contributed by atoms with Crippen LogP contribution in [0.25, 0.3) is 0 Å². The van der Waals surface area contributed by atoms with Crippen LogP contribution in [-0.2, 0) is 19.8 Å². The van der Waals surface area contributed by atoms with Crippen LogP contribution in [0.2, 0.25) is 0 Å². The highest BCUT2D eigenvalue weighted by atomic mass is 16.5. The van der Waals surface area contributed by atoms with Crippen LogP contribution in [0.4, 0.5) is 0 Å². The van der Waals surface area contributed by atoms with E-state index in [1.165, 1.54) is 17.0 Å². The molecule has 1 aromatic carbocycles. The molecule has 0 aliphatic carbocycles. The van der Waals surface area contributed by atoms with E-state index in [9.17, 15) is 4.79 Å². The molecule has 7 nitrogen and oxygen atoms in total. The molecule has 118 valence electrons.